The molecule has 0 radical (unpaired) electrons. The van der Waals surface area contributed by atoms with Crippen LogP contribution in [0.25, 0.3) is 0 Å². The van der Waals surface area contributed by atoms with Gasteiger partial charge in [-0.3, -0.25) is 0 Å². The largest absolute Gasteiger partial charge is 0.495 e. The van der Waals surface area contributed by atoms with Gasteiger partial charge >= 0.3 is 0 Å². The summed E-state index contributed by atoms with van der Waals surface area (Å²) in [5.41, 5.74) is 0. The zero-order valence-corrected chi connectivity index (χ0v) is 12.5. The fraction of sp³-hybridized carbons (Fsp3) is 0.455. The Balaban J connectivity index is 3.15. The van der Waals surface area contributed by atoms with E-state index in [1.54, 1.807) is 13.1 Å². The van der Waals surface area contributed by atoms with Crippen molar-refractivity contribution in [3.63, 3.8) is 0 Å². The molecule has 1 aliphatic rings. The summed E-state index contributed by atoms with van der Waals surface area (Å²) in [6.45, 7) is 5.33. The van der Waals surface area contributed by atoms with Gasteiger partial charge in [-0.05, 0) is 26.0 Å². The van der Waals surface area contributed by atoms with Crippen LogP contribution in [0.2, 0.25) is 0 Å². The van der Waals surface area contributed by atoms with Crippen LogP contribution in [0.3, 0.4) is 0 Å². The molecule has 4 nitrogen and oxygen atoms in total. The van der Waals surface area contributed by atoms with Crippen LogP contribution in [0.1, 0.15) is 13.8 Å². The minimum atomic E-state index is -3.84. The molecule has 1 rings (SSSR count). The molecule has 1 aliphatic heterocycles. The quantitative estimate of drug-likeness (QED) is 0.736. The highest BCUT2D eigenvalue weighted by Gasteiger charge is 2.17. The van der Waals surface area contributed by atoms with Crippen LogP contribution in [-0.4, -0.2) is 33.0 Å². The van der Waals surface area contributed by atoms with E-state index in [-0.39, 0.29) is 10.7 Å². The van der Waals surface area contributed by atoms with Crippen LogP contribution in [0.5, 0.6) is 0 Å². The fourth-order valence-corrected chi connectivity index (χ4v) is 2.76. The molecule has 0 amide bonds. The predicted molar refractivity (Wildman–Crippen MR) is 73.7 cm³/mol. The summed E-state index contributed by atoms with van der Waals surface area (Å²) in [4.78, 5) is 1.90. The van der Waals surface area contributed by atoms with E-state index < -0.39 is 9.05 Å². The fourth-order valence-electron chi connectivity index (χ4n) is 1.44. The molecule has 0 unspecified atom stereocenters. The van der Waals surface area contributed by atoms with E-state index in [0.717, 1.165) is 6.54 Å². The Kier molecular flexibility index (Phi) is 5.56. The van der Waals surface area contributed by atoms with Crippen molar-refractivity contribution in [1.82, 2.24) is 4.90 Å². The van der Waals surface area contributed by atoms with Crippen molar-refractivity contribution >= 4 is 31.3 Å². The molecule has 7 heteroatoms. The summed E-state index contributed by atoms with van der Waals surface area (Å²) in [5.74, 6) is 0.267. The Hall–Kier alpha value is -0.650. The van der Waals surface area contributed by atoms with E-state index in [0.29, 0.717) is 18.2 Å². The summed E-state index contributed by atoms with van der Waals surface area (Å²) in [7, 11) is 1.50. The molecule has 0 atom stereocenters. The van der Waals surface area contributed by atoms with Crippen molar-refractivity contribution in [2.75, 3.05) is 19.7 Å². The number of hydrogen-bond acceptors (Lipinski definition) is 4. The monoisotopic (exact) mass is 311 g/mol. The van der Waals surface area contributed by atoms with Crippen molar-refractivity contribution in [3.05, 3.63) is 34.0 Å². The SMILES string of the molecule is CCN1/C=C(Cl)/C=C\C(S(=O)(=O)Cl)=C(/C)OCC1. The first-order chi connectivity index (χ1) is 8.34. The van der Waals surface area contributed by atoms with Crippen LogP contribution in [-0.2, 0) is 13.8 Å². The van der Waals surface area contributed by atoms with E-state index in [1.165, 1.54) is 12.2 Å². The Bertz CT molecular complexity index is 494. The van der Waals surface area contributed by atoms with Gasteiger partial charge in [-0.2, -0.15) is 0 Å². The number of ether oxygens (including phenoxy) is 1. The molecular formula is C11H15Cl2NO3S. The predicted octanol–water partition coefficient (Wildman–Crippen LogP) is 2.78. The van der Waals surface area contributed by atoms with Crippen LogP contribution in [0, 0.1) is 0 Å². The van der Waals surface area contributed by atoms with Crippen molar-refractivity contribution in [3.8, 4) is 0 Å². The van der Waals surface area contributed by atoms with Gasteiger partial charge in [0.15, 0.2) is 0 Å². The molecule has 1 heterocycles. The molecule has 0 saturated carbocycles. The third-order valence-electron chi connectivity index (χ3n) is 2.41. The van der Waals surface area contributed by atoms with Crippen molar-refractivity contribution in [2.45, 2.75) is 13.8 Å². The van der Waals surface area contributed by atoms with Gasteiger partial charge in [0.25, 0.3) is 9.05 Å². The lowest BCUT2D eigenvalue weighted by atomic mass is 10.3. The first kappa shape index (κ1) is 15.4. The highest BCUT2D eigenvalue weighted by atomic mass is 35.7. The molecule has 0 aliphatic carbocycles. The minimum absolute atomic E-state index is 0.0688. The molecule has 0 saturated heterocycles. The Morgan fingerprint density at radius 3 is 2.67 bits per heavy atom. The average Bonchev–Trinajstić information content (AvgIpc) is 2.25. The van der Waals surface area contributed by atoms with Crippen LogP contribution in [0.15, 0.2) is 34.0 Å². The average molecular weight is 312 g/mol. The Labute approximate surface area is 117 Å². The number of nitrogens with zero attached hydrogens (tertiary/aromatic N) is 1. The summed E-state index contributed by atoms with van der Waals surface area (Å²) >= 11 is 5.99. The van der Waals surface area contributed by atoms with E-state index in [2.05, 4.69) is 0 Å². The number of halogens is 2. The number of likely N-dealkylation sites (N-methyl/N-ethyl adjacent to an activating group) is 1. The van der Waals surface area contributed by atoms with Gasteiger partial charge in [-0.25, -0.2) is 8.42 Å². The maximum Gasteiger partial charge on any atom is 0.264 e. The zero-order valence-electron chi connectivity index (χ0n) is 10.2. The third kappa shape index (κ3) is 4.55. The number of hydrogen-bond donors (Lipinski definition) is 0. The highest BCUT2D eigenvalue weighted by Crippen LogP contribution is 2.21. The van der Waals surface area contributed by atoms with E-state index in [4.69, 9.17) is 27.0 Å². The van der Waals surface area contributed by atoms with Gasteiger partial charge in [-0.15, -0.1) is 0 Å². The first-order valence-electron chi connectivity index (χ1n) is 5.42. The molecule has 102 valence electrons. The van der Waals surface area contributed by atoms with Gasteiger partial charge in [0.05, 0.1) is 11.6 Å². The van der Waals surface area contributed by atoms with Crippen molar-refractivity contribution in [1.29, 1.82) is 0 Å². The second kappa shape index (κ2) is 6.50. The lowest BCUT2D eigenvalue weighted by molar-refractivity contribution is 0.183. The maximum absolute atomic E-state index is 11.4. The lowest BCUT2D eigenvalue weighted by Gasteiger charge is -2.20. The molecule has 0 bridgehead atoms. The summed E-state index contributed by atoms with van der Waals surface area (Å²) in [6.07, 6.45) is 4.56. The second-order valence-corrected chi connectivity index (χ2v) is 6.65. The maximum atomic E-state index is 11.4. The second-order valence-electron chi connectivity index (χ2n) is 3.68. The number of rotatable bonds is 2. The summed E-state index contributed by atoms with van der Waals surface area (Å²) < 4.78 is 28.2. The van der Waals surface area contributed by atoms with Crippen LogP contribution < -0.4 is 0 Å². The normalized spacial score (nSPS) is 27.1. The molecule has 0 aromatic carbocycles. The topological polar surface area (TPSA) is 46.6 Å². The Morgan fingerprint density at radius 1 is 1.44 bits per heavy atom. The van der Waals surface area contributed by atoms with E-state index in [9.17, 15) is 8.42 Å². The van der Waals surface area contributed by atoms with Gasteiger partial charge in [0, 0.05) is 23.4 Å². The van der Waals surface area contributed by atoms with E-state index in [1.807, 2.05) is 11.8 Å². The minimum Gasteiger partial charge on any atom is -0.495 e. The molecule has 18 heavy (non-hydrogen) atoms. The van der Waals surface area contributed by atoms with Gasteiger partial charge in [-0.1, -0.05) is 11.6 Å². The summed E-state index contributed by atoms with van der Waals surface area (Å²) in [6, 6.07) is 0. The molecular weight excluding hydrogens is 297 g/mol. The lowest BCUT2D eigenvalue weighted by Crippen LogP contribution is -2.22. The van der Waals surface area contributed by atoms with Crippen LogP contribution in [0.4, 0.5) is 0 Å². The zero-order chi connectivity index (χ0) is 13.8. The van der Waals surface area contributed by atoms with Crippen molar-refractivity contribution in [2.24, 2.45) is 0 Å². The summed E-state index contributed by atoms with van der Waals surface area (Å²) in [5, 5.41) is 0.435. The van der Waals surface area contributed by atoms with Gasteiger partial charge in [0.1, 0.15) is 17.3 Å². The molecule has 0 fully saturated rings. The highest BCUT2D eigenvalue weighted by molar-refractivity contribution is 8.17. The third-order valence-corrected chi connectivity index (χ3v) is 4.08. The first-order valence-corrected chi connectivity index (χ1v) is 8.11. The molecule has 0 spiro atoms. The van der Waals surface area contributed by atoms with E-state index >= 15 is 0 Å². The molecule has 0 aromatic rings. The van der Waals surface area contributed by atoms with Crippen molar-refractivity contribution < 1.29 is 13.2 Å². The standard InChI is InChI=1S/C11H15Cl2NO3S/c1-3-14-6-7-17-9(2)11(18(13,15)16)5-4-10(12)8-14/h4-5,8H,3,6-7H2,1-2H3/b5-4-,10-8-,11-9-. The molecule has 0 N–H and O–H groups in total. The van der Waals surface area contributed by atoms with Gasteiger partial charge < -0.3 is 9.64 Å². The van der Waals surface area contributed by atoms with Crippen LogP contribution >= 0.6 is 22.3 Å². The smallest absolute Gasteiger partial charge is 0.264 e. The molecule has 0 aromatic heterocycles. The van der Waals surface area contributed by atoms with Gasteiger partial charge in [0.2, 0.25) is 0 Å². The number of allylic oxidation sites excluding steroid dienone is 4. The Morgan fingerprint density at radius 2 is 2.11 bits per heavy atom.